The summed E-state index contributed by atoms with van der Waals surface area (Å²) in [7, 11) is 1.60. The second-order valence-corrected chi connectivity index (χ2v) is 6.52. The molecule has 2 atom stereocenters. The Bertz CT molecular complexity index is 539. The van der Waals surface area contributed by atoms with E-state index in [-0.39, 0.29) is 17.1 Å². The third-order valence-corrected chi connectivity index (χ3v) is 4.71. The smallest absolute Gasteiger partial charge is 0.158 e. The van der Waals surface area contributed by atoms with E-state index >= 15 is 0 Å². The number of ether oxygens (including phenoxy) is 1. The number of hydrogen-bond acceptors (Lipinski definition) is 3. The maximum atomic E-state index is 12.8. The molecule has 2 rings (SSSR count). The van der Waals surface area contributed by atoms with Gasteiger partial charge in [-0.3, -0.25) is 4.79 Å². The van der Waals surface area contributed by atoms with Gasteiger partial charge >= 0.3 is 0 Å². The van der Waals surface area contributed by atoms with Crippen LogP contribution in [0.2, 0.25) is 0 Å². The second-order valence-electron chi connectivity index (χ2n) is 6.52. The third kappa shape index (κ3) is 3.26. The predicted molar refractivity (Wildman–Crippen MR) is 82.1 cm³/mol. The van der Waals surface area contributed by atoms with Crippen molar-refractivity contribution in [1.29, 1.82) is 5.26 Å². The molecule has 1 saturated carbocycles. The lowest BCUT2D eigenvalue weighted by Crippen LogP contribution is -2.36. The average molecular weight is 285 g/mol. The third-order valence-electron chi connectivity index (χ3n) is 4.71. The zero-order chi connectivity index (χ0) is 15.5. The molecule has 0 saturated heterocycles. The van der Waals surface area contributed by atoms with Crippen molar-refractivity contribution < 1.29 is 9.53 Å². The van der Waals surface area contributed by atoms with E-state index in [0.29, 0.717) is 0 Å². The van der Waals surface area contributed by atoms with Gasteiger partial charge in [-0.05, 0) is 36.0 Å². The molecule has 1 aromatic rings. The van der Waals surface area contributed by atoms with Gasteiger partial charge in [-0.15, -0.1) is 0 Å². The van der Waals surface area contributed by atoms with Crippen molar-refractivity contribution in [1.82, 2.24) is 0 Å². The summed E-state index contributed by atoms with van der Waals surface area (Å²) in [5.41, 5.74) is 0.765. The number of benzene rings is 1. The molecule has 0 spiro atoms. The van der Waals surface area contributed by atoms with Crippen LogP contribution in [0.1, 0.15) is 51.0 Å². The molecule has 21 heavy (non-hydrogen) atoms. The summed E-state index contributed by atoms with van der Waals surface area (Å²) in [6.45, 7) is 4.30. The van der Waals surface area contributed by atoms with Crippen LogP contribution in [0.15, 0.2) is 24.3 Å². The lowest BCUT2D eigenvalue weighted by Gasteiger charge is -2.38. The normalized spacial score (nSPS) is 22.1. The molecule has 1 aliphatic rings. The van der Waals surface area contributed by atoms with Crippen LogP contribution in [0.25, 0.3) is 0 Å². The number of carbonyl (C=O) groups excluding carboxylic acids is 1. The highest BCUT2D eigenvalue weighted by atomic mass is 16.5. The Hall–Kier alpha value is -1.82. The zero-order valence-corrected chi connectivity index (χ0v) is 13.1. The van der Waals surface area contributed by atoms with E-state index in [1.54, 1.807) is 19.2 Å². The fraction of sp³-hybridized carbons (Fsp3) is 0.556. The summed E-state index contributed by atoms with van der Waals surface area (Å²) in [5.74, 6) is 0.129. The van der Waals surface area contributed by atoms with Crippen molar-refractivity contribution in [2.24, 2.45) is 11.3 Å². The molecule has 0 bridgehead atoms. The molecule has 1 aliphatic carbocycles. The maximum absolute atomic E-state index is 12.8. The van der Waals surface area contributed by atoms with Gasteiger partial charge in [0.2, 0.25) is 0 Å². The molecule has 0 aromatic heterocycles. The molecule has 0 amide bonds. The molecule has 1 fully saturated rings. The van der Waals surface area contributed by atoms with Crippen molar-refractivity contribution in [2.45, 2.75) is 45.4 Å². The molecule has 3 heteroatoms. The van der Waals surface area contributed by atoms with E-state index in [0.717, 1.165) is 30.6 Å². The van der Waals surface area contributed by atoms with Crippen LogP contribution in [0.4, 0.5) is 0 Å². The van der Waals surface area contributed by atoms with Crippen LogP contribution in [0.5, 0.6) is 5.75 Å². The first-order valence-electron chi connectivity index (χ1n) is 7.57. The average Bonchev–Trinajstić information content (AvgIpc) is 2.48. The van der Waals surface area contributed by atoms with E-state index in [2.05, 4.69) is 19.9 Å². The minimum atomic E-state index is -0.668. The summed E-state index contributed by atoms with van der Waals surface area (Å²) >= 11 is 0. The van der Waals surface area contributed by atoms with Gasteiger partial charge in [0.15, 0.2) is 5.78 Å². The summed E-state index contributed by atoms with van der Waals surface area (Å²) in [5, 5.41) is 9.48. The van der Waals surface area contributed by atoms with Crippen molar-refractivity contribution in [2.75, 3.05) is 7.11 Å². The summed E-state index contributed by atoms with van der Waals surface area (Å²) < 4.78 is 5.12. The molecule has 3 nitrogen and oxygen atoms in total. The lowest BCUT2D eigenvalue weighted by molar-refractivity contribution is -0.128. The fourth-order valence-corrected chi connectivity index (χ4v) is 3.32. The highest BCUT2D eigenvalue weighted by Gasteiger charge is 2.40. The van der Waals surface area contributed by atoms with Crippen LogP contribution < -0.4 is 4.74 Å². The van der Waals surface area contributed by atoms with Gasteiger partial charge in [-0.1, -0.05) is 38.8 Å². The van der Waals surface area contributed by atoms with Gasteiger partial charge in [0.25, 0.3) is 0 Å². The SMILES string of the molecule is COc1ccc(C(C#N)C(=O)C2CCCCC2(C)C)cc1. The summed E-state index contributed by atoms with van der Waals surface area (Å²) in [4.78, 5) is 12.8. The van der Waals surface area contributed by atoms with Crippen LogP contribution >= 0.6 is 0 Å². The standard InChI is InChI=1S/C18H23NO2/c1-18(2)11-5-4-6-16(18)17(20)15(12-19)13-7-9-14(21-3)10-8-13/h7-10,15-16H,4-6,11H2,1-3H3. The number of rotatable bonds is 4. The minimum Gasteiger partial charge on any atom is -0.497 e. The number of hydrogen-bond donors (Lipinski definition) is 0. The Morgan fingerprint density at radius 3 is 2.52 bits per heavy atom. The summed E-state index contributed by atoms with van der Waals surface area (Å²) in [6.07, 6.45) is 4.22. The molecule has 0 N–H and O–H groups in total. The molecule has 0 heterocycles. The number of ketones is 1. The van der Waals surface area contributed by atoms with Gasteiger partial charge in [0, 0.05) is 5.92 Å². The first-order valence-corrected chi connectivity index (χ1v) is 7.57. The number of nitriles is 1. The molecule has 112 valence electrons. The van der Waals surface area contributed by atoms with Crippen molar-refractivity contribution in [3.63, 3.8) is 0 Å². The Kier molecular flexibility index (Phi) is 4.67. The number of carbonyl (C=O) groups is 1. The van der Waals surface area contributed by atoms with Gasteiger partial charge in [-0.25, -0.2) is 0 Å². The molecular weight excluding hydrogens is 262 g/mol. The Balaban J connectivity index is 2.23. The zero-order valence-electron chi connectivity index (χ0n) is 13.1. The number of nitrogens with zero attached hydrogens (tertiary/aromatic N) is 1. The fourth-order valence-electron chi connectivity index (χ4n) is 3.32. The molecule has 2 unspecified atom stereocenters. The first kappa shape index (κ1) is 15.6. The van der Waals surface area contributed by atoms with Crippen LogP contribution in [0, 0.1) is 22.7 Å². The topological polar surface area (TPSA) is 50.1 Å². The number of Topliss-reactive ketones (excluding diaryl/α,β-unsaturated/α-hetero) is 1. The monoisotopic (exact) mass is 285 g/mol. The van der Waals surface area contributed by atoms with Gasteiger partial charge < -0.3 is 4.74 Å². The molecule has 1 aromatic carbocycles. The first-order chi connectivity index (χ1) is 9.99. The van der Waals surface area contributed by atoms with E-state index < -0.39 is 5.92 Å². The van der Waals surface area contributed by atoms with E-state index in [1.165, 1.54) is 6.42 Å². The quantitative estimate of drug-likeness (QED) is 0.837. The number of methoxy groups -OCH3 is 1. The van der Waals surface area contributed by atoms with Gasteiger partial charge in [0.1, 0.15) is 11.7 Å². The Morgan fingerprint density at radius 2 is 2.00 bits per heavy atom. The maximum Gasteiger partial charge on any atom is 0.158 e. The van der Waals surface area contributed by atoms with Gasteiger partial charge in [-0.2, -0.15) is 5.26 Å². The second kappa shape index (κ2) is 6.30. The molecular formula is C18H23NO2. The Morgan fingerprint density at radius 1 is 1.33 bits per heavy atom. The highest BCUT2D eigenvalue weighted by Crippen LogP contribution is 2.43. The van der Waals surface area contributed by atoms with Crippen LogP contribution in [0.3, 0.4) is 0 Å². The van der Waals surface area contributed by atoms with Gasteiger partial charge in [0.05, 0.1) is 13.2 Å². The molecule has 0 radical (unpaired) electrons. The van der Waals surface area contributed by atoms with Crippen molar-refractivity contribution >= 4 is 5.78 Å². The van der Waals surface area contributed by atoms with E-state index in [4.69, 9.17) is 4.74 Å². The van der Waals surface area contributed by atoms with E-state index in [9.17, 15) is 10.1 Å². The highest BCUT2D eigenvalue weighted by molar-refractivity contribution is 5.91. The largest absolute Gasteiger partial charge is 0.497 e. The van der Waals surface area contributed by atoms with Crippen molar-refractivity contribution in [3.05, 3.63) is 29.8 Å². The predicted octanol–water partition coefficient (Wildman–Crippen LogP) is 4.09. The van der Waals surface area contributed by atoms with Crippen molar-refractivity contribution in [3.8, 4) is 11.8 Å². The summed E-state index contributed by atoms with van der Waals surface area (Å²) in [6, 6.07) is 9.45. The minimum absolute atomic E-state index is 0.00307. The lowest BCUT2D eigenvalue weighted by atomic mass is 9.65. The van der Waals surface area contributed by atoms with Crippen LogP contribution in [-0.2, 0) is 4.79 Å². The van der Waals surface area contributed by atoms with Crippen LogP contribution in [-0.4, -0.2) is 12.9 Å². The Labute approximate surface area is 126 Å². The van der Waals surface area contributed by atoms with E-state index in [1.807, 2.05) is 12.1 Å². The molecule has 0 aliphatic heterocycles.